The quantitative estimate of drug-likeness (QED) is 0.543. The molecule has 0 aliphatic carbocycles. The third kappa shape index (κ3) is 7.24. The van der Waals surface area contributed by atoms with E-state index in [0.29, 0.717) is 29.7 Å². The van der Waals surface area contributed by atoms with Crippen LogP contribution in [0.15, 0.2) is 40.9 Å². The van der Waals surface area contributed by atoms with Crippen molar-refractivity contribution >= 4 is 39.1 Å². The van der Waals surface area contributed by atoms with E-state index in [4.69, 9.17) is 21.1 Å². The Balaban J connectivity index is 2.09. The van der Waals surface area contributed by atoms with Crippen LogP contribution in [0.2, 0.25) is 5.02 Å². The Morgan fingerprint density at radius 3 is 2.43 bits per heavy atom. The number of benzene rings is 2. The molecule has 0 heterocycles. The molecule has 2 N–H and O–H groups in total. The van der Waals surface area contributed by atoms with Crippen LogP contribution in [0, 0.1) is 0 Å². The van der Waals surface area contributed by atoms with E-state index in [9.17, 15) is 4.79 Å². The lowest BCUT2D eigenvalue weighted by atomic mass is 10.1. The van der Waals surface area contributed by atoms with Crippen LogP contribution in [0.1, 0.15) is 33.3 Å². The predicted octanol–water partition coefficient (Wildman–Crippen LogP) is 5.41. The summed E-state index contributed by atoms with van der Waals surface area (Å²) in [6, 6.07) is 11.4. The van der Waals surface area contributed by atoms with Crippen molar-refractivity contribution in [2.75, 3.05) is 18.5 Å². The molecule has 2 aromatic carbocycles. The topological polar surface area (TPSA) is 59.6 Å². The van der Waals surface area contributed by atoms with E-state index in [-0.39, 0.29) is 18.1 Å². The predicted molar refractivity (Wildman–Crippen MR) is 117 cm³/mol. The SMILES string of the molecule is CCOc1cc(CNc2ccc(Cl)cc2)cc(Br)c1OCC(=O)NC(C)(C)C. The van der Waals surface area contributed by atoms with Crippen LogP contribution in [-0.2, 0) is 11.3 Å². The minimum Gasteiger partial charge on any atom is -0.490 e. The average Bonchev–Trinajstić information content (AvgIpc) is 2.59. The van der Waals surface area contributed by atoms with Crippen molar-refractivity contribution in [3.63, 3.8) is 0 Å². The Bertz CT molecular complexity index is 805. The molecule has 2 aromatic rings. The van der Waals surface area contributed by atoms with E-state index in [1.807, 2.05) is 64.1 Å². The van der Waals surface area contributed by atoms with Gasteiger partial charge in [-0.2, -0.15) is 0 Å². The van der Waals surface area contributed by atoms with Gasteiger partial charge in [-0.05, 0) is 85.6 Å². The number of carbonyl (C=O) groups is 1. The molecule has 0 spiro atoms. The first kappa shape index (κ1) is 22.4. The summed E-state index contributed by atoms with van der Waals surface area (Å²) in [5, 5.41) is 6.91. The van der Waals surface area contributed by atoms with Crippen LogP contribution >= 0.6 is 27.5 Å². The molecule has 0 atom stereocenters. The van der Waals surface area contributed by atoms with Crippen LogP contribution in [0.5, 0.6) is 11.5 Å². The molecule has 0 aliphatic heterocycles. The third-order valence-corrected chi connectivity index (χ3v) is 4.41. The zero-order valence-electron chi connectivity index (χ0n) is 16.6. The van der Waals surface area contributed by atoms with Gasteiger partial charge >= 0.3 is 0 Å². The molecule has 5 nitrogen and oxygen atoms in total. The number of hydrogen-bond acceptors (Lipinski definition) is 4. The lowest BCUT2D eigenvalue weighted by molar-refractivity contribution is -0.124. The minimum absolute atomic E-state index is 0.0850. The largest absolute Gasteiger partial charge is 0.490 e. The lowest BCUT2D eigenvalue weighted by Crippen LogP contribution is -2.43. The highest BCUT2D eigenvalue weighted by atomic mass is 79.9. The number of halogens is 2. The van der Waals surface area contributed by atoms with Gasteiger partial charge in [-0.15, -0.1) is 0 Å². The average molecular weight is 470 g/mol. The Kier molecular flexibility index (Phi) is 8.01. The lowest BCUT2D eigenvalue weighted by Gasteiger charge is -2.21. The number of amides is 1. The molecule has 7 heteroatoms. The molecule has 0 saturated carbocycles. The normalized spacial score (nSPS) is 11.1. The van der Waals surface area contributed by atoms with Crippen molar-refractivity contribution in [3.8, 4) is 11.5 Å². The van der Waals surface area contributed by atoms with Gasteiger partial charge < -0.3 is 20.1 Å². The number of rotatable bonds is 8. The maximum atomic E-state index is 12.1. The fraction of sp³-hybridized carbons (Fsp3) is 0.381. The smallest absolute Gasteiger partial charge is 0.258 e. The fourth-order valence-corrected chi connectivity index (χ4v) is 3.22. The molecule has 152 valence electrons. The van der Waals surface area contributed by atoms with Crippen LogP contribution < -0.4 is 20.1 Å². The number of anilines is 1. The maximum Gasteiger partial charge on any atom is 0.258 e. The highest BCUT2D eigenvalue weighted by Gasteiger charge is 2.17. The van der Waals surface area contributed by atoms with E-state index < -0.39 is 0 Å². The molecule has 1 amide bonds. The molecular formula is C21H26BrClN2O3. The molecular weight excluding hydrogens is 444 g/mol. The van der Waals surface area contributed by atoms with Gasteiger partial charge in [0.2, 0.25) is 0 Å². The van der Waals surface area contributed by atoms with Gasteiger partial charge in [0.15, 0.2) is 18.1 Å². The third-order valence-electron chi connectivity index (χ3n) is 3.57. The Morgan fingerprint density at radius 1 is 1.14 bits per heavy atom. The Morgan fingerprint density at radius 2 is 1.82 bits per heavy atom. The van der Waals surface area contributed by atoms with Gasteiger partial charge in [0.1, 0.15) is 0 Å². The number of carbonyl (C=O) groups excluding carboxylic acids is 1. The van der Waals surface area contributed by atoms with Gasteiger partial charge in [0.05, 0.1) is 11.1 Å². The molecule has 0 saturated heterocycles. The van der Waals surface area contributed by atoms with Crippen molar-refractivity contribution in [2.45, 2.75) is 39.8 Å². The summed E-state index contributed by atoms with van der Waals surface area (Å²) in [5.41, 5.74) is 1.67. The molecule has 0 unspecified atom stereocenters. The molecule has 0 aliphatic rings. The maximum absolute atomic E-state index is 12.1. The standard InChI is InChI=1S/C21H26BrClN2O3/c1-5-27-18-11-14(12-24-16-8-6-15(23)7-9-16)10-17(22)20(18)28-13-19(26)25-21(2,3)4/h6-11,24H,5,12-13H2,1-4H3,(H,25,26). The Labute approximate surface area is 179 Å². The van der Waals surface area contributed by atoms with Gasteiger partial charge in [0.25, 0.3) is 5.91 Å². The van der Waals surface area contributed by atoms with E-state index in [0.717, 1.165) is 15.7 Å². The summed E-state index contributed by atoms with van der Waals surface area (Å²) in [6.45, 7) is 8.69. The van der Waals surface area contributed by atoms with Crippen molar-refractivity contribution in [3.05, 3.63) is 51.5 Å². The second kappa shape index (κ2) is 10.0. The van der Waals surface area contributed by atoms with E-state index in [1.165, 1.54) is 0 Å². The number of hydrogen-bond donors (Lipinski definition) is 2. The first-order valence-electron chi connectivity index (χ1n) is 9.06. The summed E-state index contributed by atoms with van der Waals surface area (Å²) < 4.78 is 12.2. The van der Waals surface area contributed by atoms with E-state index in [1.54, 1.807) is 0 Å². The summed E-state index contributed by atoms with van der Waals surface area (Å²) >= 11 is 9.45. The number of nitrogens with one attached hydrogen (secondary N) is 2. The van der Waals surface area contributed by atoms with Gasteiger partial charge in [0, 0.05) is 22.8 Å². The zero-order valence-corrected chi connectivity index (χ0v) is 18.9. The highest BCUT2D eigenvalue weighted by Crippen LogP contribution is 2.37. The van der Waals surface area contributed by atoms with Crippen LogP contribution in [-0.4, -0.2) is 24.7 Å². The molecule has 2 rings (SSSR count). The monoisotopic (exact) mass is 468 g/mol. The van der Waals surface area contributed by atoms with Crippen LogP contribution in [0.4, 0.5) is 5.69 Å². The molecule has 0 bridgehead atoms. The van der Waals surface area contributed by atoms with Gasteiger partial charge in [-0.25, -0.2) is 0 Å². The van der Waals surface area contributed by atoms with Crippen LogP contribution in [0.3, 0.4) is 0 Å². The Hall–Kier alpha value is -1.92. The van der Waals surface area contributed by atoms with E-state index >= 15 is 0 Å². The van der Waals surface area contributed by atoms with Gasteiger partial charge in [-0.3, -0.25) is 4.79 Å². The summed E-state index contributed by atoms with van der Waals surface area (Å²) in [4.78, 5) is 12.1. The van der Waals surface area contributed by atoms with Crippen molar-refractivity contribution < 1.29 is 14.3 Å². The first-order chi connectivity index (χ1) is 13.2. The molecule has 0 fully saturated rings. The zero-order chi connectivity index (χ0) is 20.7. The summed E-state index contributed by atoms with van der Waals surface area (Å²) in [6.07, 6.45) is 0. The van der Waals surface area contributed by atoms with Crippen molar-refractivity contribution in [1.82, 2.24) is 5.32 Å². The fourth-order valence-electron chi connectivity index (χ4n) is 2.49. The first-order valence-corrected chi connectivity index (χ1v) is 10.2. The van der Waals surface area contributed by atoms with Crippen molar-refractivity contribution in [2.24, 2.45) is 0 Å². The second-order valence-corrected chi connectivity index (χ2v) is 8.58. The number of ether oxygens (including phenoxy) is 2. The summed E-state index contributed by atoms with van der Waals surface area (Å²) in [7, 11) is 0. The van der Waals surface area contributed by atoms with Crippen LogP contribution in [0.25, 0.3) is 0 Å². The summed E-state index contributed by atoms with van der Waals surface area (Å²) in [5.74, 6) is 0.921. The molecule has 0 aromatic heterocycles. The minimum atomic E-state index is -0.308. The second-order valence-electron chi connectivity index (χ2n) is 7.29. The molecule has 28 heavy (non-hydrogen) atoms. The highest BCUT2D eigenvalue weighted by molar-refractivity contribution is 9.10. The van der Waals surface area contributed by atoms with Gasteiger partial charge in [-0.1, -0.05) is 11.6 Å². The molecule has 0 radical (unpaired) electrons. The van der Waals surface area contributed by atoms with Crippen molar-refractivity contribution in [1.29, 1.82) is 0 Å². The van der Waals surface area contributed by atoms with E-state index in [2.05, 4.69) is 26.6 Å².